The normalized spacial score (nSPS) is 20.2. The number of hydrogen-bond acceptors (Lipinski definition) is 8. The topological polar surface area (TPSA) is 145 Å². The van der Waals surface area contributed by atoms with E-state index >= 15 is 4.39 Å². The minimum Gasteiger partial charge on any atom is -0.477 e. The number of carboxylic acid groups (broad SMARTS) is 1. The van der Waals surface area contributed by atoms with Gasteiger partial charge in [-0.2, -0.15) is 0 Å². The zero-order valence-corrected chi connectivity index (χ0v) is 17.6. The van der Waals surface area contributed by atoms with Crippen LogP contribution in [0.5, 0.6) is 0 Å². The number of oxime groups is 2. The lowest BCUT2D eigenvalue weighted by Gasteiger charge is -2.19. The fourth-order valence-corrected chi connectivity index (χ4v) is 3.78. The summed E-state index contributed by atoms with van der Waals surface area (Å²) in [5, 5.41) is 17.2. The molecule has 1 atom stereocenters. The van der Waals surface area contributed by atoms with Crippen LogP contribution in [0.3, 0.4) is 0 Å². The molecule has 1 saturated carbocycles. The van der Waals surface area contributed by atoms with Crippen molar-refractivity contribution in [2.24, 2.45) is 22.0 Å². The van der Waals surface area contributed by atoms with E-state index in [-0.39, 0.29) is 41.8 Å². The number of rotatable bonds is 7. The summed E-state index contributed by atoms with van der Waals surface area (Å²) in [7, 11) is 1.39. The van der Waals surface area contributed by atoms with Crippen LogP contribution < -0.4 is 16.1 Å². The summed E-state index contributed by atoms with van der Waals surface area (Å²) in [6, 6.07) is 1.07. The van der Waals surface area contributed by atoms with E-state index in [0.717, 1.165) is 18.9 Å². The Hall–Kier alpha value is -3.70. The Morgan fingerprint density at radius 1 is 1.44 bits per heavy atom. The van der Waals surface area contributed by atoms with Crippen LogP contribution >= 0.6 is 0 Å². The van der Waals surface area contributed by atoms with Crippen molar-refractivity contribution in [3.8, 4) is 0 Å². The molecule has 1 aliphatic heterocycles. The summed E-state index contributed by atoms with van der Waals surface area (Å²) < 4.78 is 16.8. The number of hydrogen-bond donors (Lipinski definition) is 2. The highest BCUT2D eigenvalue weighted by molar-refractivity contribution is 6.10. The zero-order valence-electron chi connectivity index (χ0n) is 17.6. The number of nitrogens with two attached hydrogens (primary N) is 1. The molecule has 2 fully saturated rings. The van der Waals surface area contributed by atoms with Crippen LogP contribution in [-0.4, -0.2) is 59.0 Å². The predicted molar refractivity (Wildman–Crippen MR) is 115 cm³/mol. The lowest BCUT2D eigenvalue weighted by Crippen LogP contribution is -2.31. The number of aromatic nitrogens is 2. The Labute approximate surface area is 181 Å². The van der Waals surface area contributed by atoms with E-state index in [1.54, 1.807) is 16.4 Å². The second-order valence-corrected chi connectivity index (χ2v) is 7.61. The number of carbonyl (C=O) groups is 1. The number of nitrogens with zero attached hydrogens (tertiary/aromatic N) is 5. The van der Waals surface area contributed by atoms with E-state index in [0.29, 0.717) is 12.3 Å². The predicted octanol–water partition coefficient (Wildman–Crippen LogP) is 1.32. The quantitative estimate of drug-likeness (QED) is 0.368. The summed E-state index contributed by atoms with van der Waals surface area (Å²) in [6.45, 7) is 2.51. The molecule has 2 aliphatic rings. The Morgan fingerprint density at radius 3 is 2.81 bits per heavy atom. The third kappa shape index (κ3) is 3.83. The highest BCUT2D eigenvalue weighted by atomic mass is 19.1. The average molecular weight is 446 g/mol. The summed E-state index contributed by atoms with van der Waals surface area (Å²) in [4.78, 5) is 40.1. The van der Waals surface area contributed by atoms with Crippen LogP contribution in [-0.2, 0) is 9.68 Å². The largest absolute Gasteiger partial charge is 0.477 e. The number of anilines is 1. The molecule has 12 heteroatoms. The van der Waals surface area contributed by atoms with E-state index in [1.165, 1.54) is 13.3 Å². The molecule has 170 valence electrons. The van der Waals surface area contributed by atoms with Gasteiger partial charge in [-0.15, -0.1) is 0 Å². The maximum absolute atomic E-state index is 15.1. The number of pyridine rings is 2. The smallest absolute Gasteiger partial charge is 0.341 e. The first-order valence-corrected chi connectivity index (χ1v) is 10.1. The first-order valence-electron chi connectivity index (χ1n) is 10.1. The maximum atomic E-state index is 15.1. The Morgan fingerprint density at radius 2 is 2.19 bits per heavy atom. The number of aromatic carboxylic acids is 1. The fourth-order valence-electron chi connectivity index (χ4n) is 3.78. The Kier molecular flexibility index (Phi) is 5.68. The number of amidine groups is 1. The highest BCUT2D eigenvalue weighted by Gasteiger charge is 2.36. The lowest BCUT2D eigenvalue weighted by molar-refractivity contribution is 0.0695. The van der Waals surface area contributed by atoms with Crippen molar-refractivity contribution < 1.29 is 24.0 Å². The fraction of sp³-hybridized carbons (Fsp3) is 0.450. The van der Waals surface area contributed by atoms with Crippen LogP contribution in [0, 0.1) is 11.7 Å². The number of carboxylic acids is 1. The molecular weight excluding hydrogens is 423 g/mol. The van der Waals surface area contributed by atoms with Gasteiger partial charge in [0.25, 0.3) is 0 Å². The van der Waals surface area contributed by atoms with Crippen molar-refractivity contribution in [3.63, 3.8) is 0 Å². The van der Waals surface area contributed by atoms with Gasteiger partial charge in [-0.3, -0.25) is 4.79 Å². The molecule has 0 bridgehead atoms. The van der Waals surface area contributed by atoms with Crippen molar-refractivity contribution >= 4 is 34.4 Å². The van der Waals surface area contributed by atoms with E-state index < -0.39 is 28.7 Å². The molecule has 0 aromatic carbocycles. The zero-order chi connectivity index (χ0) is 23.0. The molecule has 0 amide bonds. The molecule has 4 rings (SSSR count). The minimum absolute atomic E-state index is 0.00453. The molecule has 0 radical (unpaired) electrons. The second-order valence-electron chi connectivity index (χ2n) is 7.61. The van der Waals surface area contributed by atoms with Crippen LogP contribution in [0.25, 0.3) is 11.0 Å². The van der Waals surface area contributed by atoms with Gasteiger partial charge in [-0.25, -0.2) is 14.2 Å². The standard InChI is InChI=1S/C20H23FN6O5/c1-3-32-25-17(22)12-7-26(9-15(12)24-31-2)19-14(21)6-11-16(28)13(20(29)30)8-27(10-4-5-10)18(11)23-19/h6,8,10,12H,3-5,7,9H2,1-2H3,(H2,22,25)(H,29,30)/b24-15+. The van der Waals surface area contributed by atoms with Gasteiger partial charge in [0.15, 0.2) is 11.6 Å². The summed E-state index contributed by atoms with van der Waals surface area (Å²) in [6.07, 6.45) is 2.94. The first-order chi connectivity index (χ1) is 15.3. The van der Waals surface area contributed by atoms with Crippen molar-refractivity contribution in [1.82, 2.24) is 9.55 Å². The van der Waals surface area contributed by atoms with Gasteiger partial charge in [0, 0.05) is 18.8 Å². The number of halogens is 1. The SMILES string of the molecule is CCO/N=C(/N)C1CN(c2nc3c(cc2F)c(=O)c(C(=O)O)cn3C2CC2)C/C1=N\OC. The molecule has 1 aliphatic carbocycles. The molecule has 32 heavy (non-hydrogen) atoms. The first kappa shape index (κ1) is 21.5. The molecule has 3 heterocycles. The number of fused-ring (bicyclic) bond motifs is 1. The molecule has 3 N–H and O–H groups in total. The van der Waals surface area contributed by atoms with Crippen LogP contribution in [0.2, 0.25) is 0 Å². The molecular formula is C20H23FN6O5. The summed E-state index contributed by atoms with van der Waals surface area (Å²) in [5.41, 5.74) is 5.63. The lowest BCUT2D eigenvalue weighted by atomic mass is 10.1. The molecule has 1 saturated heterocycles. The Bertz CT molecular complexity index is 1190. The van der Waals surface area contributed by atoms with Gasteiger partial charge < -0.3 is 30.0 Å². The Balaban J connectivity index is 1.80. The van der Waals surface area contributed by atoms with Gasteiger partial charge in [0.05, 0.1) is 23.6 Å². The summed E-state index contributed by atoms with van der Waals surface area (Å²) in [5.74, 6) is -2.41. The van der Waals surface area contributed by atoms with Gasteiger partial charge in [-0.1, -0.05) is 10.3 Å². The van der Waals surface area contributed by atoms with Crippen molar-refractivity contribution in [2.75, 3.05) is 31.7 Å². The van der Waals surface area contributed by atoms with E-state index in [9.17, 15) is 14.7 Å². The van der Waals surface area contributed by atoms with Crippen LogP contribution in [0.4, 0.5) is 10.2 Å². The third-order valence-corrected chi connectivity index (χ3v) is 5.43. The molecule has 11 nitrogen and oxygen atoms in total. The van der Waals surface area contributed by atoms with E-state index in [4.69, 9.17) is 15.4 Å². The third-order valence-electron chi connectivity index (χ3n) is 5.43. The molecule has 2 aromatic rings. The molecule has 2 aromatic heterocycles. The van der Waals surface area contributed by atoms with Crippen LogP contribution in [0.1, 0.15) is 36.2 Å². The van der Waals surface area contributed by atoms with Gasteiger partial charge in [-0.05, 0) is 25.8 Å². The van der Waals surface area contributed by atoms with Crippen molar-refractivity contribution in [3.05, 3.63) is 33.9 Å². The second kappa shape index (κ2) is 8.44. The monoisotopic (exact) mass is 446 g/mol. The van der Waals surface area contributed by atoms with Crippen LogP contribution in [0.15, 0.2) is 27.4 Å². The van der Waals surface area contributed by atoms with Gasteiger partial charge >= 0.3 is 5.97 Å². The maximum Gasteiger partial charge on any atom is 0.341 e. The van der Waals surface area contributed by atoms with E-state index in [1.807, 2.05) is 0 Å². The average Bonchev–Trinajstić information content (AvgIpc) is 3.52. The van der Waals surface area contributed by atoms with Gasteiger partial charge in [0.1, 0.15) is 30.8 Å². The van der Waals surface area contributed by atoms with E-state index in [2.05, 4.69) is 15.3 Å². The molecule has 0 spiro atoms. The minimum atomic E-state index is -1.36. The van der Waals surface area contributed by atoms with Crippen molar-refractivity contribution in [1.29, 1.82) is 0 Å². The summed E-state index contributed by atoms with van der Waals surface area (Å²) >= 11 is 0. The molecule has 1 unspecified atom stereocenters. The van der Waals surface area contributed by atoms with Crippen molar-refractivity contribution in [2.45, 2.75) is 25.8 Å². The van der Waals surface area contributed by atoms with Gasteiger partial charge in [0.2, 0.25) is 5.43 Å². The highest BCUT2D eigenvalue weighted by Crippen LogP contribution is 2.37.